The van der Waals surface area contributed by atoms with Gasteiger partial charge >= 0.3 is 6.09 Å². The summed E-state index contributed by atoms with van der Waals surface area (Å²) in [4.78, 5) is 23.0. The lowest BCUT2D eigenvalue weighted by Gasteiger charge is -1.99. The lowest BCUT2D eigenvalue weighted by Crippen LogP contribution is -2.19. The third-order valence-corrected chi connectivity index (χ3v) is 3.37. The van der Waals surface area contributed by atoms with E-state index in [1.807, 2.05) is 0 Å². The summed E-state index contributed by atoms with van der Waals surface area (Å²) in [5.74, 6) is -0.272. The van der Waals surface area contributed by atoms with E-state index in [4.69, 9.17) is 4.74 Å². The minimum atomic E-state index is -0.625. The average molecular weight is 349 g/mol. The van der Waals surface area contributed by atoms with Crippen LogP contribution >= 0.6 is 11.3 Å². The number of amides is 2. The first kappa shape index (κ1) is 17.3. The van der Waals surface area contributed by atoms with Gasteiger partial charge in [0.2, 0.25) is 11.0 Å². The van der Waals surface area contributed by atoms with Gasteiger partial charge in [0.1, 0.15) is 10.8 Å². The van der Waals surface area contributed by atoms with E-state index in [1.165, 1.54) is 18.3 Å². The molecule has 0 saturated carbocycles. The van der Waals surface area contributed by atoms with Crippen molar-refractivity contribution < 1.29 is 19.4 Å². The maximum absolute atomic E-state index is 11.8. The molecule has 1 aromatic heterocycles. The van der Waals surface area contributed by atoms with Crippen molar-refractivity contribution >= 4 is 34.7 Å². The predicted molar refractivity (Wildman–Crippen MR) is 88.1 cm³/mol. The topological polar surface area (TPSA) is 126 Å². The number of hydrogen-bond acceptors (Lipinski definition) is 8. The van der Waals surface area contributed by atoms with Gasteiger partial charge in [0.05, 0.1) is 19.2 Å². The normalized spacial score (nSPS) is 10.5. The van der Waals surface area contributed by atoms with Crippen LogP contribution in [0.2, 0.25) is 0 Å². The molecule has 2 aromatic rings. The molecular formula is C14H15N5O4S. The van der Waals surface area contributed by atoms with Crippen LogP contribution in [0.5, 0.6) is 5.75 Å². The van der Waals surface area contributed by atoms with Crippen molar-refractivity contribution in [2.45, 2.75) is 13.3 Å². The summed E-state index contributed by atoms with van der Waals surface area (Å²) in [6.45, 7) is 1.93. The van der Waals surface area contributed by atoms with Gasteiger partial charge in [0.15, 0.2) is 0 Å². The number of phenols is 1. The van der Waals surface area contributed by atoms with E-state index in [0.717, 1.165) is 11.3 Å². The van der Waals surface area contributed by atoms with Crippen molar-refractivity contribution in [1.29, 1.82) is 0 Å². The zero-order valence-electron chi connectivity index (χ0n) is 12.7. The lowest BCUT2D eigenvalue weighted by molar-refractivity contribution is -0.120. The van der Waals surface area contributed by atoms with Gasteiger partial charge in [-0.1, -0.05) is 23.5 Å². The molecule has 2 amide bonds. The number of anilines is 1. The van der Waals surface area contributed by atoms with Crippen LogP contribution in [0.4, 0.5) is 9.93 Å². The monoisotopic (exact) mass is 349 g/mol. The van der Waals surface area contributed by atoms with Gasteiger partial charge in [-0.2, -0.15) is 5.10 Å². The molecule has 0 spiro atoms. The molecular weight excluding hydrogens is 334 g/mol. The third-order valence-electron chi connectivity index (χ3n) is 2.54. The Labute approximate surface area is 141 Å². The van der Waals surface area contributed by atoms with E-state index < -0.39 is 6.09 Å². The molecule has 10 heteroatoms. The quantitative estimate of drug-likeness (QED) is 0.536. The molecule has 0 aliphatic rings. The lowest BCUT2D eigenvalue weighted by atomic mass is 10.2. The van der Waals surface area contributed by atoms with Crippen LogP contribution in [0, 0.1) is 0 Å². The molecule has 0 aliphatic heterocycles. The van der Waals surface area contributed by atoms with Gasteiger partial charge in [-0.3, -0.25) is 10.1 Å². The van der Waals surface area contributed by atoms with Crippen LogP contribution in [0.25, 0.3) is 0 Å². The number of hydrazone groups is 1. The summed E-state index contributed by atoms with van der Waals surface area (Å²) in [6, 6.07) is 6.44. The Balaban J connectivity index is 1.82. The van der Waals surface area contributed by atoms with Gasteiger partial charge in [-0.15, -0.1) is 10.2 Å². The fraction of sp³-hybridized carbons (Fsp3) is 0.214. The van der Waals surface area contributed by atoms with E-state index >= 15 is 0 Å². The first-order valence-electron chi connectivity index (χ1n) is 6.94. The number of hydrogen-bond donors (Lipinski definition) is 3. The molecule has 0 bridgehead atoms. The van der Waals surface area contributed by atoms with E-state index in [-0.39, 0.29) is 29.8 Å². The molecule has 1 aromatic carbocycles. The second-order valence-corrected chi connectivity index (χ2v) is 5.47. The van der Waals surface area contributed by atoms with Gasteiger partial charge in [0.25, 0.3) is 0 Å². The summed E-state index contributed by atoms with van der Waals surface area (Å²) in [6.07, 6.45) is 0.755. The number of nitrogens with one attached hydrogen (secondary N) is 2. The summed E-state index contributed by atoms with van der Waals surface area (Å²) in [5, 5.41) is 23.7. The van der Waals surface area contributed by atoms with Crippen molar-refractivity contribution in [2.75, 3.05) is 11.9 Å². The van der Waals surface area contributed by atoms with Gasteiger partial charge in [-0.05, 0) is 24.6 Å². The number of carbonyl (C=O) groups excluding carboxylic acids is 2. The molecule has 3 N–H and O–H groups in total. The Morgan fingerprint density at radius 1 is 1.42 bits per heavy atom. The number of carbonyl (C=O) groups is 2. The summed E-state index contributed by atoms with van der Waals surface area (Å²) >= 11 is 1.07. The molecule has 0 aliphatic carbocycles. The SMILES string of the molecule is CCOC(=O)Nc1nnc(CC(=O)N/N=C\c2cccc(O)c2)s1. The van der Waals surface area contributed by atoms with Crippen LogP contribution < -0.4 is 10.7 Å². The van der Waals surface area contributed by atoms with Crippen molar-refractivity contribution in [2.24, 2.45) is 5.10 Å². The van der Waals surface area contributed by atoms with Gasteiger partial charge < -0.3 is 9.84 Å². The van der Waals surface area contributed by atoms with Gasteiger partial charge in [0, 0.05) is 0 Å². The molecule has 0 saturated heterocycles. The fourth-order valence-corrected chi connectivity index (χ4v) is 2.31. The van der Waals surface area contributed by atoms with Crippen molar-refractivity contribution in [1.82, 2.24) is 15.6 Å². The minimum Gasteiger partial charge on any atom is -0.508 e. The van der Waals surface area contributed by atoms with Crippen LogP contribution in [0.1, 0.15) is 17.5 Å². The molecule has 126 valence electrons. The summed E-state index contributed by atoms with van der Waals surface area (Å²) in [5.41, 5.74) is 2.99. The number of phenolic OH excluding ortho intramolecular Hbond substituents is 1. The van der Waals surface area contributed by atoms with Crippen molar-refractivity contribution in [3.05, 3.63) is 34.8 Å². The zero-order valence-corrected chi connectivity index (χ0v) is 13.5. The Morgan fingerprint density at radius 3 is 3.00 bits per heavy atom. The van der Waals surface area contributed by atoms with Crippen molar-refractivity contribution in [3.63, 3.8) is 0 Å². The van der Waals surface area contributed by atoms with Crippen LogP contribution in [0.3, 0.4) is 0 Å². The first-order chi connectivity index (χ1) is 11.6. The van der Waals surface area contributed by atoms with Gasteiger partial charge in [-0.25, -0.2) is 10.2 Å². The molecule has 0 unspecified atom stereocenters. The smallest absolute Gasteiger partial charge is 0.413 e. The standard InChI is InChI=1S/C14H15N5O4S/c1-2-23-14(22)16-13-19-18-12(24-13)7-11(21)17-15-8-9-4-3-5-10(20)6-9/h3-6,8,20H,2,7H2,1H3,(H,17,21)(H,16,19,22)/b15-8-. The van der Waals surface area contributed by atoms with Crippen LogP contribution in [-0.4, -0.2) is 40.1 Å². The van der Waals surface area contributed by atoms with Crippen LogP contribution in [-0.2, 0) is 16.0 Å². The molecule has 9 nitrogen and oxygen atoms in total. The average Bonchev–Trinajstić information content (AvgIpc) is 2.94. The molecule has 0 radical (unpaired) electrons. The Morgan fingerprint density at radius 2 is 2.25 bits per heavy atom. The molecule has 0 atom stereocenters. The third kappa shape index (κ3) is 5.65. The Hall–Kier alpha value is -3.01. The fourth-order valence-electron chi connectivity index (χ4n) is 1.59. The highest BCUT2D eigenvalue weighted by atomic mass is 32.1. The number of aromatic nitrogens is 2. The van der Waals surface area contributed by atoms with E-state index in [1.54, 1.807) is 19.1 Å². The Bertz CT molecular complexity index is 746. The maximum Gasteiger partial charge on any atom is 0.413 e. The largest absolute Gasteiger partial charge is 0.508 e. The van der Waals surface area contributed by atoms with E-state index in [2.05, 4.69) is 26.0 Å². The maximum atomic E-state index is 11.8. The Kier molecular flexibility index (Phi) is 6.20. The highest BCUT2D eigenvalue weighted by Crippen LogP contribution is 2.15. The molecule has 2 rings (SSSR count). The van der Waals surface area contributed by atoms with E-state index in [9.17, 15) is 14.7 Å². The van der Waals surface area contributed by atoms with Crippen LogP contribution in [0.15, 0.2) is 29.4 Å². The second-order valence-electron chi connectivity index (χ2n) is 4.41. The molecule has 0 fully saturated rings. The molecule has 1 heterocycles. The highest BCUT2D eigenvalue weighted by Gasteiger charge is 2.11. The number of benzene rings is 1. The number of nitrogens with zero attached hydrogens (tertiary/aromatic N) is 3. The summed E-state index contributed by atoms with van der Waals surface area (Å²) < 4.78 is 4.71. The zero-order chi connectivity index (χ0) is 17.4. The highest BCUT2D eigenvalue weighted by molar-refractivity contribution is 7.15. The van der Waals surface area contributed by atoms with E-state index in [0.29, 0.717) is 10.6 Å². The minimum absolute atomic E-state index is 0.0282. The summed E-state index contributed by atoms with van der Waals surface area (Å²) in [7, 11) is 0. The van der Waals surface area contributed by atoms with Crippen molar-refractivity contribution in [3.8, 4) is 5.75 Å². The first-order valence-corrected chi connectivity index (χ1v) is 7.75. The number of aromatic hydroxyl groups is 1. The number of ether oxygens (including phenoxy) is 1. The number of rotatable bonds is 6. The predicted octanol–water partition coefficient (Wildman–Crippen LogP) is 1.50. The molecule has 24 heavy (non-hydrogen) atoms. The second kappa shape index (κ2) is 8.58.